The van der Waals surface area contributed by atoms with Gasteiger partial charge in [-0.05, 0) is 0 Å². The Hall–Kier alpha value is -3.96. The summed E-state index contributed by atoms with van der Waals surface area (Å²) in [6.45, 7) is 7.46. The summed E-state index contributed by atoms with van der Waals surface area (Å²) in [5, 5.41) is 3.86. The second kappa shape index (κ2) is 14.0. The molecule has 1 fully saturated rings. The number of rotatable bonds is 10. The van der Waals surface area contributed by atoms with Gasteiger partial charge in [0.05, 0.1) is 0 Å². The number of guanidine groups is 1. The van der Waals surface area contributed by atoms with Gasteiger partial charge in [-0.2, -0.15) is 0 Å². The molecule has 0 aromatic heterocycles. The fraction of sp³-hybridized carbons (Fsp3) is 0.225. The molecule has 0 spiro atoms. The van der Waals surface area contributed by atoms with Crippen molar-refractivity contribution >= 4 is 11.6 Å². The summed E-state index contributed by atoms with van der Waals surface area (Å²) < 4.78 is 15.1. The standard InChI is InChI=1S/C19H22N3O.3C7H7.Hf/c1-12-9-13(2)18(14(3)10-12)16-11-21-19(20)22(16)15-7-5-6-8-17(15)23-4;3*1-7-5-3-2-4-6-7;/h5-10,16H,11H2,1-4H3,(H-,20,21);3*2-6H,1H2;/q-1;;;;+1. The molecule has 0 aliphatic carbocycles. The SMILES string of the molecule is COc1ccccc1N1C(=[N][Hf]([CH2]c2ccccc2)([CH2]c2ccccc2)[CH2]c2ccccc2)NCC1c1c(C)cc(C)cc1C. The van der Waals surface area contributed by atoms with Crippen LogP contribution in [0.2, 0.25) is 0 Å². The Morgan fingerprint density at radius 3 is 1.64 bits per heavy atom. The van der Waals surface area contributed by atoms with Crippen molar-refractivity contribution in [1.82, 2.24) is 5.32 Å². The predicted molar refractivity (Wildman–Crippen MR) is 185 cm³/mol. The van der Waals surface area contributed by atoms with Crippen molar-refractivity contribution in [1.29, 1.82) is 0 Å². The summed E-state index contributed by atoms with van der Waals surface area (Å²) in [5.74, 6) is 1.84. The summed E-state index contributed by atoms with van der Waals surface area (Å²) in [7, 11) is 1.76. The first-order valence-corrected chi connectivity index (χ1v) is 25.1. The number of ether oxygens (including phenoxy) is 1. The Balaban J connectivity index is 1.56. The minimum atomic E-state index is -3.74. The minimum absolute atomic E-state index is 0.0944. The van der Waals surface area contributed by atoms with Gasteiger partial charge in [0.1, 0.15) is 0 Å². The van der Waals surface area contributed by atoms with E-state index in [1.165, 1.54) is 38.9 Å². The molecule has 5 aromatic carbocycles. The first-order chi connectivity index (χ1) is 21.9. The van der Waals surface area contributed by atoms with Gasteiger partial charge < -0.3 is 0 Å². The molecule has 5 heteroatoms. The normalized spacial score (nSPS) is 15.7. The third-order valence-electron chi connectivity index (χ3n) is 8.88. The molecule has 1 unspecified atom stereocenters. The predicted octanol–water partition coefficient (Wildman–Crippen LogP) is 8.80. The van der Waals surface area contributed by atoms with Gasteiger partial charge in [-0.1, -0.05) is 0 Å². The van der Waals surface area contributed by atoms with Crippen LogP contribution in [0.1, 0.15) is 45.0 Å². The number of aryl methyl sites for hydroxylation is 3. The third kappa shape index (κ3) is 7.15. The molecule has 5 aromatic rings. The number of anilines is 1. The number of nitrogens with zero attached hydrogens (tertiary/aromatic N) is 2. The third-order valence-corrected chi connectivity index (χ3v) is 22.8. The molecular formula is C40H43HfN3O. The summed E-state index contributed by atoms with van der Waals surface area (Å²) in [6, 6.07) is 46.1. The molecule has 0 radical (unpaired) electrons. The Morgan fingerprint density at radius 2 is 1.16 bits per heavy atom. The van der Waals surface area contributed by atoms with Crippen molar-refractivity contribution in [2.75, 3.05) is 18.6 Å². The van der Waals surface area contributed by atoms with Crippen LogP contribution in [0.15, 0.2) is 130 Å². The maximum absolute atomic E-state index is 6.08. The van der Waals surface area contributed by atoms with E-state index in [1.807, 2.05) is 6.07 Å². The average Bonchev–Trinajstić information content (AvgIpc) is 3.43. The van der Waals surface area contributed by atoms with Gasteiger partial charge in [-0.15, -0.1) is 0 Å². The van der Waals surface area contributed by atoms with Crippen LogP contribution in [-0.4, -0.2) is 19.6 Å². The van der Waals surface area contributed by atoms with Crippen LogP contribution in [0.3, 0.4) is 0 Å². The number of hydrogen-bond donors (Lipinski definition) is 1. The van der Waals surface area contributed by atoms with E-state index in [0.717, 1.165) is 36.5 Å². The van der Waals surface area contributed by atoms with Crippen molar-refractivity contribution in [3.05, 3.63) is 166 Å². The molecule has 1 saturated heterocycles. The van der Waals surface area contributed by atoms with E-state index in [0.29, 0.717) is 0 Å². The van der Waals surface area contributed by atoms with Crippen LogP contribution in [0.5, 0.6) is 5.75 Å². The van der Waals surface area contributed by atoms with Crippen molar-refractivity contribution < 1.29 is 25.0 Å². The van der Waals surface area contributed by atoms with Gasteiger partial charge in [-0.3, -0.25) is 0 Å². The van der Waals surface area contributed by atoms with E-state index in [1.54, 1.807) is 7.11 Å². The Bertz CT molecular complexity index is 1630. The van der Waals surface area contributed by atoms with E-state index in [4.69, 9.17) is 7.72 Å². The van der Waals surface area contributed by atoms with Crippen LogP contribution in [-0.2, 0) is 32.8 Å². The van der Waals surface area contributed by atoms with Crippen LogP contribution >= 0.6 is 0 Å². The van der Waals surface area contributed by atoms with Crippen molar-refractivity contribution in [2.45, 2.75) is 39.3 Å². The number of methoxy groups -OCH3 is 1. The molecule has 1 aliphatic rings. The van der Waals surface area contributed by atoms with Crippen molar-refractivity contribution in [2.24, 2.45) is 2.98 Å². The Kier molecular flexibility index (Phi) is 9.65. The van der Waals surface area contributed by atoms with E-state index < -0.39 is 20.3 Å². The molecule has 0 amide bonds. The van der Waals surface area contributed by atoms with Crippen LogP contribution in [0, 0.1) is 20.8 Å². The first-order valence-electron chi connectivity index (χ1n) is 15.9. The molecule has 1 heterocycles. The number of benzene rings is 5. The van der Waals surface area contributed by atoms with Gasteiger partial charge in [-0.25, -0.2) is 0 Å². The summed E-state index contributed by atoms with van der Waals surface area (Å²) in [5.41, 5.74) is 10.5. The van der Waals surface area contributed by atoms with Gasteiger partial charge >= 0.3 is 275 Å². The molecule has 6 rings (SSSR count). The fourth-order valence-electron chi connectivity index (χ4n) is 7.12. The number of nitrogens with one attached hydrogen (secondary N) is 1. The second-order valence-corrected chi connectivity index (χ2v) is 25.8. The van der Waals surface area contributed by atoms with Gasteiger partial charge in [0, 0.05) is 0 Å². The zero-order valence-electron chi connectivity index (χ0n) is 26.8. The van der Waals surface area contributed by atoms with E-state index in [-0.39, 0.29) is 6.04 Å². The van der Waals surface area contributed by atoms with Gasteiger partial charge in [0.15, 0.2) is 0 Å². The first kappa shape index (κ1) is 31.0. The van der Waals surface area contributed by atoms with E-state index >= 15 is 0 Å². The summed E-state index contributed by atoms with van der Waals surface area (Å²) >= 11 is -3.74. The molecule has 45 heavy (non-hydrogen) atoms. The monoisotopic (exact) mass is 761 g/mol. The molecule has 1 aliphatic heterocycles. The van der Waals surface area contributed by atoms with Gasteiger partial charge in [0.25, 0.3) is 0 Å². The zero-order chi connectivity index (χ0) is 31.2. The fourth-order valence-corrected chi connectivity index (χ4v) is 22.3. The number of para-hydroxylation sites is 2. The summed E-state index contributed by atoms with van der Waals surface area (Å²) in [4.78, 5) is 2.44. The average molecular weight is 760 g/mol. The van der Waals surface area contributed by atoms with Crippen LogP contribution in [0.4, 0.5) is 5.69 Å². The Morgan fingerprint density at radius 1 is 0.689 bits per heavy atom. The summed E-state index contributed by atoms with van der Waals surface area (Å²) in [6.07, 6.45) is 0. The molecule has 4 nitrogen and oxygen atoms in total. The van der Waals surface area contributed by atoms with E-state index in [2.05, 4.69) is 152 Å². The van der Waals surface area contributed by atoms with Crippen molar-refractivity contribution in [3.63, 3.8) is 0 Å². The topological polar surface area (TPSA) is 36.9 Å². The molecule has 1 N–H and O–H groups in total. The molecule has 0 saturated carbocycles. The maximum atomic E-state index is 6.08. The zero-order valence-corrected chi connectivity index (χ0v) is 30.4. The van der Waals surface area contributed by atoms with E-state index in [9.17, 15) is 0 Å². The van der Waals surface area contributed by atoms with Crippen LogP contribution < -0.4 is 15.0 Å². The van der Waals surface area contributed by atoms with Crippen molar-refractivity contribution in [3.8, 4) is 5.75 Å². The molecule has 228 valence electrons. The molecular weight excluding hydrogens is 717 g/mol. The van der Waals surface area contributed by atoms with Gasteiger partial charge in [0.2, 0.25) is 0 Å². The quantitative estimate of drug-likeness (QED) is 0.145. The molecule has 0 bridgehead atoms. The Labute approximate surface area is 273 Å². The molecule has 1 atom stereocenters. The van der Waals surface area contributed by atoms with Crippen LogP contribution in [0.25, 0.3) is 0 Å². The second-order valence-electron chi connectivity index (χ2n) is 12.4. The number of hydrogen-bond acceptors (Lipinski definition) is 2.